The van der Waals surface area contributed by atoms with Crippen molar-refractivity contribution in [2.24, 2.45) is 11.8 Å². The van der Waals surface area contributed by atoms with E-state index in [1.165, 1.54) is 12.8 Å². The molecule has 1 atom stereocenters. The van der Waals surface area contributed by atoms with E-state index in [4.69, 9.17) is 0 Å². The Bertz CT molecular complexity index is 412. The van der Waals surface area contributed by atoms with Gasteiger partial charge in [-0.3, -0.25) is 9.59 Å². The van der Waals surface area contributed by atoms with Crippen molar-refractivity contribution < 1.29 is 9.59 Å². The summed E-state index contributed by atoms with van der Waals surface area (Å²) in [7, 11) is 1.99. The van der Waals surface area contributed by atoms with Crippen LogP contribution in [0.5, 0.6) is 0 Å². The van der Waals surface area contributed by atoms with Gasteiger partial charge in [-0.2, -0.15) is 0 Å². The normalized spacial score (nSPS) is 27.9. The molecule has 5 heteroatoms. The number of amides is 2. The molecule has 0 radical (unpaired) electrons. The number of carbonyl (C=O) groups excluding carboxylic acids is 2. The summed E-state index contributed by atoms with van der Waals surface area (Å²) >= 11 is 0. The lowest BCUT2D eigenvalue weighted by Crippen LogP contribution is -2.44. The molecule has 22 heavy (non-hydrogen) atoms. The monoisotopic (exact) mass is 307 g/mol. The maximum atomic E-state index is 12.7. The van der Waals surface area contributed by atoms with Crippen LogP contribution in [0.3, 0.4) is 0 Å². The van der Waals surface area contributed by atoms with E-state index in [1.807, 2.05) is 16.8 Å². The lowest BCUT2D eigenvalue weighted by Gasteiger charge is -2.33. The maximum absolute atomic E-state index is 12.7. The number of hydrogen-bond acceptors (Lipinski definition) is 3. The summed E-state index contributed by atoms with van der Waals surface area (Å²) in [4.78, 5) is 29.0. The zero-order valence-electron chi connectivity index (χ0n) is 13.7. The van der Waals surface area contributed by atoms with Crippen molar-refractivity contribution in [1.82, 2.24) is 15.1 Å². The van der Waals surface area contributed by atoms with Crippen LogP contribution in [0.2, 0.25) is 0 Å². The Morgan fingerprint density at radius 1 is 1.18 bits per heavy atom. The van der Waals surface area contributed by atoms with Crippen LogP contribution < -0.4 is 5.32 Å². The number of nitrogens with zero attached hydrogens (tertiary/aromatic N) is 2. The molecule has 0 bridgehead atoms. The Labute approximate surface area is 133 Å². The molecule has 2 amide bonds. The quantitative estimate of drug-likeness (QED) is 0.850. The van der Waals surface area contributed by atoms with Gasteiger partial charge >= 0.3 is 0 Å². The SMILES string of the molecule is CNCC1CCN(C(=O)C2CC(=O)N(C3CCCC3)C2)CC1. The summed E-state index contributed by atoms with van der Waals surface area (Å²) in [6, 6.07) is 0.409. The highest BCUT2D eigenvalue weighted by Gasteiger charge is 2.40. The predicted octanol–water partition coefficient (Wildman–Crippen LogP) is 1.24. The van der Waals surface area contributed by atoms with Crippen molar-refractivity contribution in [3.05, 3.63) is 0 Å². The van der Waals surface area contributed by atoms with Gasteiger partial charge in [0.15, 0.2) is 0 Å². The number of hydrogen-bond donors (Lipinski definition) is 1. The highest BCUT2D eigenvalue weighted by atomic mass is 16.2. The van der Waals surface area contributed by atoms with E-state index in [0.29, 0.717) is 24.9 Å². The molecule has 0 aromatic rings. The van der Waals surface area contributed by atoms with Gasteiger partial charge in [0.1, 0.15) is 0 Å². The average Bonchev–Trinajstić information content (AvgIpc) is 3.17. The van der Waals surface area contributed by atoms with Gasteiger partial charge < -0.3 is 15.1 Å². The van der Waals surface area contributed by atoms with Crippen LogP contribution in [0, 0.1) is 11.8 Å². The fourth-order valence-electron chi connectivity index (χ4n) is 4.37. The van der Waals surface area contributed by atoms with Crippen LogP contribution in [0.1, 0.15) is 44.9 Å². The summed E-state index contributed by atoms with van der Waals surface area (Å²) in [5.74, 6) is 1.02. The number of likely N-dealkylation sites (tertiary alicyclic amines) is 2. The third-order valence-corrected chi connectivity index (χ3v) is 5.69. The Morgan fingerprint density at radius 2 is 1.86 bits per heavy atom. The molecule has 2 heterocycles. The van der Waals surface area contributed by atoms with Crippen LogP contribution in [0.4, 0.5) is 0 Å². The Hall–Kier alpha value is -1.10. The highest BCUT2D eigenvalue weighted by molar-refractivity contribution is 5.89. The van der Waals surface area contributed by atoms with E-state index < -0.39 is 0 Å². The molecular formula is C17H29N3O2. The first-order valence-electron chi connectivity index (χ1n) is 8.92. The summed E-state index contributed by atoms with van der Waals surface area (Å²) in [6.07, 6.45) is 7.31. The molecule has 5 nitrogen and oxygen atoms in total. The molecule has 1 N–H and O–H groups in total. The van der Waals surface area contributed by atoms with Crippen LogP contribution >= 0.6 is 0 Å². The summed E-state index contributed by atoms with van der Waals surface area (Å²) in [5, 5.41) is 3.22. The van der Waals surface area contributed by atoms with Gasteiger partial charge in [-0.1, -0.05) is 12.8 Å². The van der Waals surface area contributed by atoms with Gasteiger partial charge in [-0.15, -0.1) is 0 Å². The summed E-state index contributed by atoms with van der Waals surface area (Å²) in [6.45, 7) is 3.43. The average molecular weight is 307 g/mol. The topological polar surface area (TPSA) is 52.7 Å². The van der Waals surface area contributed by atoms with Gasteiger partial charge in [-0.25, -0.2) is 0 Å². The first kappa shape index (κ1) is 15.8. The van der Waals surface area contributed by atoms with Gasteiger partial charge in [0.2, 0.25) is 11.8 Å². The highest BCUT2D eigenvalue weighted by Crippen LogP contribution is 2.30. The molecule has 124 valence electrons. The maximum Gasteiger partial charge on any atom is 0.227 e. The van der Waals surface area contributed by atoms with Crippen molar-refractivity contribution in [2.75, 3.05) is 33.2 Å². The number of carbonyl (C=O) groups is 2. The molecule has 0 spiro atoms. The number of piperidine rings is 1. The largest absolute Gasteiger partial charge is 0.342 e. The molecule has 1 saturated carbocycles. The second kappa shape index (κ2) is 6.99. The molecule has 3 rings (SSSR count). The molecule has 0 aromatic carbocycles. The fraction of sp³-hybridized carbons (Fsp3) is 0.882. The predicted molar refractivity (Wildman–Crippen MR) is 85.3 cm³/mol. The molecular weight excluding hydrogens is 278 g/mol. The van der Waals surface area contributed by atoms with Gasteiger partial charge in [0.05, 0.1) is 5.92 Å². The van der Waals surface area contributed by atoms with Gasteiger partial charge in [-0.05, 0) is 45.2 Å². The number of rotatable bonds is 4. The summed E-state index contributed by atoms with van der Waals surface area (Å²) < 4.78 is 0. The second-order valence-electron chi connectivity index (χ2n) is 7.21. The Kier molecular flexibility index (Phi) is 5.01. The lowest BCUT2D eigenvalue weighted by atomic mass is 9.95. The van der Waals surface area contributed by atoms with Crippen molar-refractivity contribution in [1.29, 1.82) is 0 Å². The van der Waals surface area contributed by atoms with Crippen LogP contribution in [0.15, 0.2) is 0 Å². The molecule has 0 aromatic heterocycles. The third-order valence-electron chi connectivity index (χ3n) is 5.69. The zero-order valence-corrected chi connectivity index (χ0v) is 13.7. The van der Waals surface area contributed by atoms with E-state index in [-0.39, 0.29) is 17.7 Å². The van der Waals surface area contributed by atoms with E-state index >= 15 is 0 Å². The van der Waals surface area contributed by atoms with Gasteiger partial charge in [0.25, 0.3) is 0 Å². The standard InChI is InChI=1S/C17H29N3O2/c1-18-11-13-6-8-19(9-7-13)17(22)14-10-16(21)20(12-14)15-4-2-3-5-15/h13-15,18H,2-12H2,1H3. The van der Waals surface area contributed by atoms with E-state index in [2.05, 4.69) is 5.32 Å². The third kappa shape index (κ3) is 3.29. The minimum atomic E-state index is -0.0889. The van der Waals surface area contributed by atoms with E-state index in [9.17, 15) is 9.59 Å². The molecule has 3 aliphatic rings. The van der Waals surface area contributed by atoms with Crippen LogP contribution in [-0.2, 0) is 9.59 Å². The van der Waals surface area contributed by atoms with Gasteiger partial charge in [0, 0.05) is 32.1 Å². The fourth-order valence-corrected chi connectivity index (χ4v) is 4.37. The first-order chi connectivity index (χ1) is 10.7. The van der Waals surface area contributed by atoms with Crippen molar-refractivity contribution in [3.8, 4) is 0 Å². The van der Waals surface area contributed by atoms with Crippen molar-refractivity contribution in [2.45, 2.75) is 51.0 Å². The second-order valence-corrected chi connectivity index (χ2v) is 7.21. The lowest BCUT2D eigenvalue weighted by molar-refractivity contribution is -0.137. The minimum absolute atomic E-state index is 0.0889. The molecule has 2 saturated heterocycles. The number of nitrogens with one attached hydrogen (secondary N) is 1. The zero-order chi connectivity index (χ0) is 15.5. The molecule has 1 unspecified atom stereocenters. The molecule has 1 aliphatic carbocycles. The Balaban J connectivity index is 1.52. The smallest absolute Gasteiger partial charge is 0.227 e. The van der Waals surface area contributed by atoms with E-state index in [0.717, 1.165) is 45.3 Å². The Morgan fingerprint density at radius 3 is 2.50 bits per heavy atom. The minimum Gasteiger partial charge on any atom is -0.342 e. The summed E-state index contributed by atoms with van der Waals surface area (Å²) in [5.41, 5.74) is 0. The molecule has 2 aliphatic heterocycles. The first-order valence-corrected chi connectivity index (χ1v) is 8.92. The van der Waals surface area contributed by atoms with Crippen molar-refractivity contribution >= 4 is 11.8 Å². The van der Waals surface area contributed by atoms with Crippen molar-refractivity contribution in [3.63, 3.8) is 0 Å². The molecule has 3 fully saturated rings. The van der Waals surface area contributed by atoms with Crippen LogP contribution in [0.25, 0.3) is 0 Å². The van der Waals surface area contributed by atoms with Crippen LogP contribution in [-0.4, -0.2) is 60.9 Å². The van der Waals surface area contributed by atoms with E-state index in [1.54, 1.807) is 0 Å².